The maximum Gasteiger partial charge on any atom is 0.280 e. The first-order valence-electron chi connectivity index (χ1n) is 10.6. The quantitative estimate of drug-likeness (QED) is 0.618. The van der Waals surface area contributed by atoms with Crippen LogP contribution in [0.2, 0.25) is 0 Å². The van der Waals surface area contributed by atoms with E-state index in [1.165, 1.54) is 12.3 Å². The number of rotatable bonds is 5. The summed E-state index contributed by atoms with van der Waals surface area (Å²) >= 11 is 0. The fourth-order valence-electron chi connectivity index (χ4n) is 3.89. The normalized spacial score (nSPS) is 17.2. The van der Waals surface area contributed by atoms with Crippen molar-refractivity contribution in [3.8, 4) is 0 Å². The number of nitrogens with zero attached hydrogens (tertiary/aromatic N) is 6. The van der Waals surface area contributed by atoms with Crippen molar-refractivity contribution in [3.05, 3.63) is 36.3 Å². The van der Waals surface area contributed by atoms with Gasteiger partial charge in [0.25, 0.3) is 6.43 Å². The minimum atomic E-state index is -2.67. The second-order valence-electron chi connectivity index (χ2n) is 7.67. The van der Waals surface area contributed by atoms with E-state index in [9.17, 15) is 8.78 Å². The molecule has 2 aliphatic heterocycles. The molecular formula is C21H24F2N8O. The molecule has 0 saturated carbocycles. The molecule has 3 aromatic heterocycles. The number of hydrogen-bond acceptors (Lipinski definition) is 9. The molecule has 2 saturated heterocycles. The average Bonchev–Trinajstić information content (AvgIpc) is 2.85. The van der Waals surface area contributed by atoms with E-state index in [1.54, 1.807) is 0 Å². The van der Waals surface area contributed by atoms with E-state index in [-0.39, 0.29) is 5.69 Å². The fourth-order valence-corrected chi connectivity index (χ4v) is 3.89. The first-order valence-corrected chi connectivity index (χ1v) is 10.6. The van der Waals surface area contributed by atoms with Gasteiger partial charge in [0.2, 0.25) is 5.95 Å². The summed E-state index contributed by atoms with van der Waals surface area (Å²) < 4.78 is 32.2. The van der Waals surface area contributed by atoms with Gasteiger partial charge in [-0.15, -0.1) is 0 Å². The summed E-state index contributed by atoms with van der Waals surface area (Å²) in [5.74, 6) is 1.36. The van der Waals surface area contributed by atoms with Gasteiger partial charge >= 0.3 is 0 Å². The molecule has 0 bridgehead atoms. The number of morpholine rings is 1. The molecule has 2 fully saturated rings. The summed E-state index contributed by atoms with van der Waals surface area (Å²) in [5, 5.41) is 6.96. The number of pyridine rings is 2. The van der Waals surface area contributed by atoms with Crippen molar-refractivity contribution in [2.45, 2.75) is 6.43 Å². The van der Waals surface area contributed by atoms with Crippen molar-refractivity contribution in [2.75, 3.05) is 67.6 Å². The van der Waals surface area contributed by atoms with Gasteiger partial charge in [-0.3, -0.25) is 0 Å². The second-order valence-corrected chi connectivity index (χ2v) is 7.67. The van der Waals surface area contributed by atoms with Gasteiger partial charge in [0, 0.05) is 50.9 Å². The monoisotopic (exact) mass is 442 g/mol. The molecule has 0 atom stereocenters. The highest BCUT2D eigenvalue weighted by atomic mass is 19.3. The molecular weight excluding hydrogens is 418 g/mol. The topological polar surface area (TPSA) is 91.3 Å². The lowest BCUT2D eigenvalue weighted by atomic mass is 10.2. The van der Waals surface area contributed by atoms with Crippen LogP contribution in [0.25, 0.3) is 10.9 Å². The standard InChI is InChI=1S/C21H24F2N8O/c22-19(23)16-11-14-12-26-21(29-18(14)20(27-16)31-7-9-32-10-8-31)28-17-2-1-15(13-25-17)30-5-3-24-4-6-30/h1-2,11-13,19,24H,3-10H2,(H,25,26,28,29). The highest BCUT2D eigenvalue weighted by Crippen LogP contribution is 2.29. The summed E-state index contributed by atoms with van der Waals surface area (Å²) in [6, 6.07) is 5.23. The Labute approximate surface area is 183 Å². The molecule has 168 valence electrons. The van der Waals surface area contributed by atoms with E-state index < -0.39 is 6.43 Å². The smallest absolute Gasteiger partial charge is 0.280 e. The van der Waals surface area contributed by atoms with Crippen LogP contribution in [0.3, 0.4) is 0 Å². The third kappa shape index (κ3) is 4.39. The van der Waals surface area contributed by atoms with Gasteiger partial charge in [0.05, 0.1) is 25.1 Å². The molecule has 0 aromatic carbocycles. The van der Waals surface area contributed by atoms with Crippen molar-refractivity contribution in [1.29, 1.82) is 0 Å². The molecule has 2 N–H and O–H groups in total. The van der Waals surface area contributed by atoms with Gasteiger partial charge < -0.3 is 25.2 Å². The van der Waals surface area contributed by atoms with E-state index in [2.05, 4.69) is 35.5 Å². The predicted molar refractivity (Wildman–Crippen MR) is 118 cm³/mol. The van der Waals surface area contributed by atoms with Gasteiger partial charge in [-0.05, 0) is 18.2 Å². The van der Waals surface area contributed by atoms with Gasteiger partial charge in [-0.2, -0.15) is 0 Å². The molecule has 0 amide bonds. The largest absolute Gasteiger partial charge is 0.378 e. The van der Waals surface area contributed by atoms with Crippen LogP contribution in [0, 0.1) is 0 Å². The van der Waals surface area contributed by atoms with Crippen LogP contribution in [0.15, 0.2) is 30.6 Å². The van der Waals surface area contributed by atoms with Crippen molar-refractivity contribution < 1.29 is 13.5 Å². The molecule has 0 radical (unpaired) electrons. The number of fused-ring (bicyclic) bond motifs is 1. The first-order chi connectivity index (χ1) is 15.7. The molecule has 3 aromatic rings. The third-order valence-corrected chi connectivity index (χ3v) is 5.57. The Bertz CT molecular complexity index is 1070. The minimum absolute atomic E-state index is 0.284. The van der Waals surface area contributed by atoms with Crippen LogP contribution in [-0.2, 0) is 4.74 Å². The number of piperazine rings is 1. The number of halogens is 2. The number of ether oxygens (including phenoxy) is 1. The predicted octanol–water partition coefficient (Wildman–Crippen LogP) is 2.35. The Morgan fingerprint density at radius 1 is 0.969 bits per heavy atom. The summed E-state index contributed by atoms with van der Waals surface area (Å²) in [6.45, 7) is 5.96. The zero-order valence-corrected chi connectivity index (χ0v) is 17.5. The zero-order valence-electron chi connectivity index (χ0n) is 17.5. The number of aromatic nitrogens is 4. The minimum Gasteiger partial charge on any atom is -0.378 e. The van der Waals surface area contributed by atoms with E-state index in [0.29, 0.717) is 54.8 Å². The number of hydrogen-bond donors (Lipinski definition) is 2. The lowest BCUT2D eigenvalue weighted by Crippen LogP contribution is -2.43. The molecule has 11 heteroatoms. The van der Waals surface area contributed by atoms with E-state index in [1.807, 2.05) is 23.2 Å². The Kier molecular flexibility index (Phi) is 5.91. The number of nitrogens with one attached hydrogen (secondary N) is 2. The highest BCUT2D eigenvalue weighted by Gasteiger charge is 2.21. The summed E-state index contributed by atoms with van der Waals surface area (Å²) in [5.41, 5.74) is 1.30. The Balaban J connectivity index is 1.42. The van der Waals surface area contributed by atoms with Crippen molar-refractivity contribution >= 4 is 34.2 Å². The summed E-state index contributed by atoms with van der Waals surface area (Å²) in [6.07, 6.45) is 0.692. The lowest BCUT2D eigenvalue weighted by Gasteiger charge is -2.29. The Hall–Kier alpha value is -3.18. The summed E-state index contributed by atoms with van der Waals surface area (Å²) in [7, 11) is 0. The van der Waals surface area contributed by atoms with Crippen molar-refractivity contribution in [2.24, 2.45) is 0 Å². The molecule has 32 heavy (non-hydrogen) atoms. The molecule has 5 rings (SSSR count). The molecule has 9 nitrogen and oxygen atoms in total. The molecule has 0 unspecified atom stereocenters. The van der Waals surface area contributed by atoms with Gasteiger partial charge in [0.1, 0.15) is 17.0 Å². The average molecular weight is 442 g/mol. The van der Waals surface area contributed by atoms with Crippen LogP contribution in [-0.4, -0.2) is 72.4 Å². The molecule has 0 aliphatic carbocycles. The van der Waals surface area contributed by atoms with Crippen molar-refractivity contribution in [1.82, 2.24) is 25.3 Å². The fraction of sp³-hybridized carbons (Fsp3) is 0.429. The number of anilines is 4. The van der Waals surface area contributed by atoms with E-state index >= 15 is 0 Å². The van der Waals surface area contributed by atoms with Gasteiger partial charge in [0.15, 0.2) is 5.82 Å². The number of alkyl halides is 2. The first kappa shape index (κ1) is 20.7. The second kappa shape index (κ2) is 9.13. The third-order valence-electron chi connectivity index (χ3n) is 5.57. The maximum atomic E-state index is 13.4. The van der Waals surface area contributed by atoms with Crippen molar-refractivity contribution in [3.63, 3.8) is 0 Å². The Morgan fingerprint density at radius 2 is 1.78 bits per heavy atom. The van der Waals surface area contributed by atoms with Gasteiger partial charge in [-0.25, -0.2) is 28.7 Å². The van der Waals surface area contributed by atoms with Crippen LogP contribution in [0.4, 0.5) is 32.1 Å². The van der Waals surface area contributed by atoms with Gasteiger partial charge in [-0.1, -0.05) is 0 Å². The van der Waals surface area contributed by atoms with Crippen LogP contribution in [0.1, 0.15) is 12.1 Å². The zero-order chi connectivity index (χ0) is 21.9. The van der Waals surface area contributed by atoms with Crippen LogP contribution in [0.5, 0.6) is 0 Å². The molecule has 2 aliphatic rings. The maximum absolute atomic E-state index is 13.4. The Morgan fingerprint density at radius 3 is 2.50 bits per heavy atom. The molecule has 0 spiro atoms. The SMILES string of the molecule is FC(F)c1cc2cnc(Nc3ccc(N4CCNCC4)cn3)nc2c(N2CCOCC2)n1. The highest BCUT2D eigenvalue weighted by molar-refractivity contribution is 5.89. The lowest BCUT2D eigenvalue weighted by molar-refractivity contribution is 0.122. The van der Waals surface area contributed by atoms with Crippen LogP contribution < -0.4 is 20.4 Å². The summed E-state index contributed by atoms with van der Waals surface area (Å²) in [4.78, 5) is 21.8. The van der Waals surface area contributed by atoms with E-state index in [0.717, 1.165) is 31.9 Å². The molecule has 5 heterocycles. The van der Waals surface area contributed by atoms with E-state index in [4.69, 9.17) is 4.74 Å². The van der Waals surface area contributed by atoms with Crippen LogP contribution >= 0.6 is 0 Å².